The van der Waals surface area contributed by atoms with Crippen molar-refractivity contribution in [1.82, 2.24) is 14.5 Å². The molecule has 1 saturated heterocycles. The van der Waals surface area contributed by atoms with Crippen LogP contribution in [0.25, 0.3) is 11.0 Å². The van der Waals surface area contributed by atoms with Crippen molar-refractivity contribution in [3.63, 3.8) is 0 Å². The summed E-state index contributed by atoms with van der Waals surface area (Å²) in [5.74, 6) is 2.78. The molecule has 1 unspecified atom stereocenters. The summed E-state index contributed by atoms with van der Waals surface area (Å²) in [5.41, 5.74) is 3.27. The Balaban J connectivity index is 1.31. The van der Waals surface area contributed by atoms with Gasteiger partial charge in [0.25, 0.3) is 0 Å². The Kier molecular flexibility index (Phi) is 6.47. The summed E-state index contributed by atoms with van der Waals surface area (Å²) in [4.78, 5) is 19.7. The van der Waals surface area contributed by atoms with Crippen molar-refractivity contribution in [3.8, 4) is 11.5 Å². The number of methoxy groups -OCH3 is 1. The lowest BCUT2D eigenvalue weighted by Crippen LogP contribution is -2.27. The first-order valence-electron chi connectivity index (χ1n) is 11.7. The Morgan fingerprint density at radius 2 is 1.74 bits per heavy atom. The minimum Gasteiger partial charge on any atom is -0.497 e. The number of carbonyl (C=O) groups is 1. The fourth-order valence-corrected chi connectivity index (χ4v) is 4.66. The Labute approximate surface area is 199 Å². The van der Waals surface area contributed by atoms with Crippen LogP contribution in [0.1, 0.15) is 23.7 Å². The molecule has 1 aliphatic rings. The summed E-state index contributed by atoms with van der Waals surface area (Å²) in [6.07, 6.45) is 1.36. The number of benzene rings is 3. The van der Waals surface area contributed by atoms with Crippen LogP contribution in [0.15, 0.2) is 78.9 Å². The molecule has 0 spiro atoms. The van der Waals surface area contributed by atoms with Crippen molar-refractivity contribution in [2.24, 2.45) is 0 Å². The first-order valence-corrected chi connectivity index (χ1v) is 11.7. The molecular weight excluding hydrogens is 426 g/mol. The molecule has 4 aromatic rings. The smallest absolute Gasteiger partial charge is 0.223 e. The lowest BCUT2D eigenvalue weighted by molar-refractivity contribution is -0.127. The van der Waals surface area contributed by atoms with E-state index < -0.39 is 0 Å². The van der Waals surface area contributed by atoms with E-state index in [1.165, 1.54) is 5.56 Å². The molecule has 0 N–H and O–H groups in total. The zero-order valence-electron chi connectivity index (χ0n) is 19.4. The number of aromatic nitrogens is 2. The van der Waals surface area contributed by atoms with Crippen LogP contribution in [0.3, 0.4) is 0 Å². The molecule has 1 fully saturated rings. The summed E-state index contributed by atoms with van der Waals surface area (Å²) in [5, 5.41) is 0. The van der Waals surface area contributed by atoms with Crippen LogP contribution in [0, 0.1) is 0 Å². The average Bonchev–Trinajstić information content (AvgIpc) is 3.43. The number of para-hydroxylation sites is 2. The number of amides is 1. The highest BCUT2D eigenvalue weighted by Gasteiger charge is 2.33. The van der Waals surface area contributed by atoms with E-state index in [9.17, 15) is 4.79 Å². The summed E-state index contributed by atoms with van der Waals surface area (Å²) in [6, 6.07) is 26.1. The fourth-order valence-electron chi connectivity index (χ4n) is 4.66. The SMILES string of the molecule is COc1cccc(OCCn2c(C3CC(=O)N(CCc4ccccc4)C3)nc3ccccc32)c1. The highest BCUT2D eigenvalue weighted by atomic mass is 16.5. The number of rotatable bonds is 9. The largest absolute Gasteiger partial charge is 0.497 e. The first-order chi connectivity index (χ1) is 16.7. The van der Waals surface area contributed by atoms with Crippen LogP contribution in [0.5, 0.6) is 11.5 Å². The topological polar surface area (TPSA) is 56.6 Å². The predicted octanol–water partition coefficient (Wildman–Crippen LogP) is 4.68. The predicted molar refractivity (Wildman–Crippen MR) is 132 cm³/mol. The van der Waals surface area contributed by atoms with E-state index in [-0.39, 0.29) is 11.8 Å². The summed E-state index contributed by atoms with van der Waals surface area (Å²) in [6.45, 7) is 2.59. The van der Waals surface area contributed by atoms with Crippen molar-refractivity contribution in [2.75, 3.05) is 26.8 Å². The van der Waals surface area contributed by atoms with Crippen LogP contribution < -0.4 is 9.47 Å². The highest BCUT2D eigenvalue weighted by molar-refractivity contribution is 5.81. The Bertz CT molecular complexity index is 1270. The molecule has 6 heteroatoms. The van der Waals surface area contributed by atoms with Crippen molar-refractivity contribution in [1.29, 1.82) is 0 Å². The zero-order valence-corrected chi connectivity index (χ0v) is 19.4. The van der Waals surface area contributed by atoms with Gasteiger partial charge in [-0.05, 0) is 36.2 Å². The van der Waals surface area contributed by atoms with Gasteiger partial charge in [-0.2, -0.15) is 0 Å². The third kappa shape index (κ3) is 4.76. The zero-order chi connectivity index (χ0) is 23.3. The molecular formula is C28H29N3O3. The third-order valence-corrected chi connectivity index (χ3v) is 6.40. The van der Waals surface area contributed by atoms with Gasteiger partial charge in [0.05, 0.1) is 24.7 Å². The highest BCUT2D eigenvalue weighted by Crippen LogP contribution is 2.30. The second-order valence-corrected chi connectivity index (χ2v) is 8.61. The molecule has 5 rings (SSSR count). The molecule has 6 nitrogen and oxygen atoms in total. The van der Waals surface area contributed by atoms with Gasteiger partial charge in [0.15, 0.2) is 0 Å². The number of ether oxygens (including phenoxy) is 2. The summed E-state index contributed by atoms with van der Waals surface area (Å²) >= 11 is 0. The maximum absolute atomic E-state index is 12.8. The molecule has 1 atom stereocenters. The quantitative estimate of drug-likeness (QED) is 0.368. The first kappa shape index (κ1) is 22.0. The van der Waals surface area contributed by atoms with Gasteiger partial charge >= 0.3 is 0 Å². The monoisotopic (exact) mass is 455 g/mol. The van der Waals surface area contributed by atoms with Gasteiger partial charge in [0, 0.05) is 31.5 Å². The molecule has 3 aromatic carbocycles. The van der Waals surface area contributed by atoms with Gasteiger partial charge in [-0.3, -0.25) is 4.79 Å². The van der Waals surface area contributed by atoms with Crippen molar-refractivity contribution in [3.05, 3.63) is 90.3 Å². The van der Waals surface area contributed by atoms with Crippen LogP contribution in [-0.2, 0) is 17.8 Å². The van der Waals surface area contributed by atoms with Gasteiger partial charge in [0.1, 0.15) is 23.9 Å². The Hall–Kier alpha value is -3.80. The number of hydrogen-bond donors (Lipinski definition) is 0. The molecule has 0 radical (unpaired) electrons. The summed E-state index contributed by atoms with van der Waals surface area (Å²) in [7, 11) is 1.65. The molecule has 1 aromatic heterocycles. The van der Waals surface area contributed by atoms with Gasteiger partial charge in [-0.1, -0.05) is 48.5 Å². The molecule has 34 heavy (non-hydrogen) atoms. The lowest BCUT2D eigenvalue weighted by atomic mass is 10.1. The number of likely N-dealkylation sites (tertiary alicyclic amines) is 1. The maximum Gasteiger partial charge on any atom is 0.223 e. The van der Waals surface area contributed by atoms with Crippen molar-refractivity contribution < 1.29 is 14.3 Å². The number of hydrogen-bond acceptors (Lipinski definition) is 4. The molecule has 0 bridgehead atoms. The number of carbonyl (C=O) groups excluding carboxylic acids is 1. The molecule has 0 saturated carbocycles. The molecule has 0 aliphatic carbocycles. The standard InChI is InChI=1S/C28H29N3O3/c1-33-23-10-7-11-24(19-23)34-17-16-31-26-13-6-5-12-25(26)29-28(31)22-18-27(32)30(20-22)15-14-21-8-3-2-4-9-21/h2-13,19,22H,14-18,20H2,1H3. The molecule has 174 valence electrons. The van der Waals surface area contributed by atoms with E-state index in [1.807, 2.05) is 65.6 Å². The average molecular weight is 456 g/mol. The molecule has 1 aliphatic heterocycles. The fraction of sp³-hybridized carbons (Fsp3) is 0.286. The van der Waals surface area contributed by atoms with Crippen LogP contribution in [-0.4, -0.2) is 47.2 Å². The molecule has 2 heterocycles. The van der Waals surface area contributed by atoms with Gasteiger partial charge in [-0.25, -0.2) is 4.98 Å². The van der Waals surface area contributed by atoms with Crippen molar-refractivity contribution in [2.45, 2.75) is 25.3 Å². The van der Waals surface area contributed by atoms with E-state index in [0.717, 1.165) is 41.3 Å². The Morgan fingerprint density at radius 1 is 0.941 bits per heavy atom. The van der Waals surface area contributed by atoms with Gasteiger partial charge in [-0.15, -0.1) is 0 Å². The Morgan fingerprint density at radius 3 is 2.59 bits per heavy atom. The van der Waals surface area contributed by atoms with E-state index in [1.54, 1.807) is 7.11 Å². The number of fused-ring (bicyclic) bond motifs is 1. The maximum atomic E-state index is 12.8. The van der Waals surface area contributed by atoms with Crippen molar-refractivity contribution >= 4 is 16.9 Å². The van der Waals surface area contributed by atoms with E-state index in [0.29, 0.717) is 26.1 Å². The van der Waals surface area contributed by atoms with E-state index in [4.69, 9.17) is 14.5 Å². The second-order valence-electron chi connectivity index (χ2n) is 8.61. The van der Waals surface area contributed by atoms with Gasteiger partial charge < -0.3 is 18.9 Å². The van der Waals surface area contributed by atoms with E-state index in [2.05, 4.69) is 22.8 Å². The van der Waals surface area contributed by atoms with E-state index >= 15 is 0 Å². The third-order valence-electron chi connectivity index (χ3n) is 6.40. The minimum atomic E-state index is 0.0764. The normalized spacial score (nSPS) is 15.7. The number of nitrogens with zero attached hydrogens (tertiary/aromatic N) is 3. The van der Waals surface area contributed by atoms with Crippen LogP contribution in [0.2, 0.25) is 0 Å². The van der Waals surface area contributed by atoms with Crippen LogP contribution in [0.4, 0.5) is 0 Å². The second kappa shape index (κ2) is 10.00. The van der Waals surface area contributed by atoms with Crippen LogP contribution >= 0.6 is 0 Å². The van der Waals surface area contributed by atoms with Gasteiger partial charge in [0.2, 0.25) is 5.91 Å². The molecule has 1 amide bonds. The number of imidazole rings is 1. The minimum absolute atomic E-state index is 0.0764. The lowest BCUT2D eigenvalue weighted by Gasteiger charge is -2.17. The summed E-state index contributed by atoms with van der Waals surface area (Å²) < 4.78 is 13.5.